The molecule has 1 heterocycles. The summed E-state index contributed by atoms with van der Waals surface area (Å²) in [5, 5.41) is 16.5. The summed E-state index contributed by atoms with van der Waals surface area (Å²) in [4.78, 5) is 13.1. The summed E-state index contributed by atoms with van der Waals surface area (Å²) in [5.74, 6) is 0.0885. The maximum absolute atomic E-state index is 13.1. The average Bonchev–Trinajstić information content (AvgIpc) is 2.77. The van der Waals surface area contributed by atoms with Crippen LogP contribution in [0.2, 0.25) is 0 Å². The third-order valence-electron chi connectivity index (χ3n) is 6.55. The van der Waals surface area contributed by atoms with Crippen LogP contribution in [0.25, 0.3) is 0 Å². The van der Waals surface area contributed by atoms with Gasteiger partial charge in [0.15, 0.2) is 0 Å². The first-order valence-electron chi connectivity index (χ1n) is 11.6. The number of nitrogens with one attached hydrogen (secondary N) is 2. The van der Waals surface area contributed by atoms with E-state index in [1.165, 1.54) is 16.7 Å². The van der Waals surface area contributed by atoms with Crippen molar-refractivity contribution >= 4 is 11.6 Å². The van der Waals surface area contributed by atoms with Crippen molar-refractivity contribution in [3.63, 3.8) is 0 Å². The van der Waals surface area contributed by atoms with Gasteiger partial charge in [0.2, 0.25) is 5.91 Å². The fourth-order valence-electron chi connectivity index (χ4n) is 4.87. The van der Waals surface area contributed by atoms with E-state index in [0.29, 0.717) is 6.42 Å². The highest BCUT2D eigenvalue weighted by molar-refractivity contribution is 5.83. The van der Waals surface area contributed by atoms with Crippen molar-refractivity contribution in [2.75, 3.05) is 11.9 Å². The minimum atomic E-state index is -0.654. The Morgan fingerprint density at radius 3 is 2.45 bits per heavy atom. The zero-order valence-corrected chi connectivity index (χ0v) is 19.6. The number of hydrogen-bond acceptors (Lipinski definition) is 4. The number of carbonyl (C=O) groups excluding carboxylic acids is 1. The Hall–Kier alpha value is -3.31. The molecule has 1 amide bonds. The molecule has 2 atom stereocenters. The molecule has 3 aromatic rings. The first kappa shape index (κ1) is 22.9. The van der Waals surface area contributed by atoms with Crippen LogP contribution in [0.15, 0.2) is 54.6 Å². The molecular weight excluding hydrogens is 410 g/mol. The van der Waals surface area contributed by atoms with Crippen LogP contribution in [0.5, 0.6) is 5.75 Å². The quantitative estimate of drug-likeness (QED) is 0.453. The van der Waals surface area contributed by atoms with E-state index in [1.807, 2.05) is 19.9 Å². The van der Waals surface area contributed by atoms with Crippen LogP contribution in [0.4, 0.5) is 5.69 Å². The van der Waals surface area contributed by atoms with Crippen LogP contribution in [-0.4, -0.2) is 23.6 Å². The molecule has 0 radical (unpaired) electrons. The predicted molar refractivity (Wildman–Crippen MR) is 134 cm³/mol. The van der Waals surface area contributed by atoms with Gasteiger partial charge in [0, 0.05) is 12.2 Å². The van der Waals surface area contributed by atoms with Gasteiger partial charge < -0.3 is 21.5 Å². The van der Waals surface area contributed by atoms with Crippen molar-refractivity contribution in [3.8, 4) is 5.75 Å². The number of aromatic hydroxyl groups is 1. The lowest BCUT2D eigenvalue weighted by Gasteiger charge is -2.30. The molecule has 5 N–H and O–H groups in total. The summed E-state index contributed by atoms with van der Waals surface area (Å²) >= 11 is 0. The number of rotatable bonds is 6. The smallest absolute Gasteiger partial charge is 0.237 e. The summed E-state index contributed by atoms with van der Waals surface area (Å²) < 4.78 is 0. The molecule has 33 heavy (non-hydrogen) atoms. The summed E-state index contributed by atoms with van der Waals surface area (Å²) in [6.07, 6.45) is 2.11. The second-order valence-electron chi connectivity index (χ2n) is 9.18. The van der Waals surface area contributed by atoms with E-state index in [9.17, 15) is 9.90 Å². The van der Waals surface area contributed by atoms with Gasteiger partial charge in [-0.05, 0) is 91.1 Å². The van der Waals surface area contributed by atoms with Gasteiger partial charge in [0.05, 0.1) is 12.1 Å². The normalized spacial score (nSPS) is 15.9. The Morgan fingerprint density at radius 1 is 1.06 bits per heavy atom. The number of carbonyl (C=O) groups is 1. The molecule has 2 unspecified atom stereocenters. The van der Waals surface area contributed by atoms with Gasteiger partial charge in [-0.15, -0.1) is 0 Å². The van der Waals surface area contributed by atoms with Crippen molar-refractivity contribution in [1.29, 1.82) is 0 Å². The van der Waals surface area contributed by atoms with Gasteiger partial charge in [-0.1, -0.05) is 42.5 Å². The Kier molecular flexibility index (Phi) is 6.70. The summed E-state index contributed by atoms with van der Waals surface area (Å²) in [6.45, 7) is 6.80. The standard InChI is InChI=1S/C28H33N3O2/c1-17-12-22(32)13-18(2)23(17)16-25(29)28(33)31-26-9-10-30-27-19(3)11-21(15-24(26)27)14-20-7-5-4-6-8-20/h4-8,11-13,15,25-26,30,32H,9-10,14,16,29H2,1-3H3,(H,31,33). The highest BCUT2D eigenvalue weighted by Gasteiger charge is 2.26. The number of phenols is 1. The maximum Gasteiger partial charge on any atom is 0.237 e. The van der Waals surface area contributed by atoms with Gasteiger partial charge >= 0.3 is 0 Å². The lowest BCUT2D eigenvalue weighted by Crippen LogP contribution is -2.45. The number of amides is 1. The maximum atomic E-state index is 13.1. The molecule has 0 aromatic heterocycles. The number of anilines is 1. The number of phenolic OH excluding ortho intramolecular Hbond substituents is 1. The van der Waals surface area contributed by atoms with Crippen molar-refractivity contribution in [3.05, 3.63) is 93.5 Å². The highest BCUT2D eigenvalue weighted by atomic mass is 16.3. The van der Waals surface area contributed by atoms with E-state index in [1.54, 1.807) is 12.1 Å². The van der Waals surface area contributed by atoms with Crippen LogP contribution in [0.3, 0.4) is 0 Å². The Balaban J connectivity index is 1.52. The Morgan fingerprint density at radius 2 is 1.76 bits per heavy atom. The molecule has 5 heteroatoms. The summed E-state index contributed by atoms with van der Waals surface area (Å²) in [6, 6.07) is 17.6. The molecule has 0 spiro atoms. The van der Waals surface area contributed by atoms with Gasteiger partial charge in [0.25, 0.3) is 0 Å². The fourth-order valence-corrected chi connectivity index (χ4v) is 4.87. The second-order valence-corrected chi connectivity index (χ2v) is 9.18. The molecule has 0 saturated heterocycles. The molecule has 1 aliphatic rings. The largest absolute Gasteiger partial charge is 0.508 e. The Labute approximate surface area is 196 Å². The number of hydrogen-bond donors (Lipinski definition) is 4. The van der Waals surface area contributed by atoms with Crippen molar-refractivity contribution in [2.24, 2.45) is 5.73 Å². The first-order valence-corrected chi connectivity index (χ1v) is 11.6. The van der Waals surface area contributed by atoms with Crippen LogP contribution in [0, 0.1) is 20.8 Å². The van der Waals surface area contributed by atoms with E-state index >= 15 is 0 Å². The molecular formula is C28H33N3O2. The first-order chi connectivity index (χ1) is 15.8. The third kappa shape index (κ3) is 5.20. The van der Waals surface area contributed by atoms with Crippen LogP contribution >= 0.6 is 0 Å². The van der Waals surface area contributed by atoms with E-state index in [4.69, 9.17) is 5.73 Å². The van der Waals surface area contributed by atoms with Gasteiger partial charge in [0.1, 0.15) is 5.75 Å². The molecule has 0 fully saturated rings. The van der Waals surface area contributed by atoms with Crippen LogP contribution in [-0.2, 0) is 17.6 Å². The van der Waals surface area contributed by atoms with Crippen LogP contribution in [0.1, 0.15) is 51.4 Å². The Bertz CT molecular complexity index is 1130. The van der Waals surface area contributed by atoms with Gasteiger partial charge in [-0.25, -0.2) is 0 Å². The zero-order chi connectivity index (χ0) is 23.5. The molecule has 5 nitrogen and oxygen atoms in total. The van der Waals surface area contributed by atoms with E-state index < -0.39 is 6.04 Å². The topological polar surface area (TPSA) is 87.4 Å². The molecule has 3 aromatic carbocycles. The number of benzene rings is 3. The SMILES string of the molecule is Cc1cc(O)cc(C)c1CC(N)C(=O)NC1CCNc2c(C)cc(Cc3ccccc3)cc21. The van der Waals surface area contributed by atoms with E-state index in [2.05, 4.69) is 54.0 Å². The fraction of sp³-hybridized carbons (Fsp3) is 0.321. The van der Waals surface area contributed by atoms with Crippen molar-refractivity contribution in [1.82, 2.24) is 5.32 Å². The van der Waals surface area contributed by atoms with E-state index in [-0.39, 0.29) is 17.7 Å². The molecule has 0 saturated carbocycles. The number of fused-ring (bicyclic) bond motifs is 1. The minimum Gasteiger partial charge on any atom is -0.508 e. The second kappa shape index (κ2) is 9.67. The van der Waals surface area contributed by atoms with Crippen molar-refractivity contribution in [2.45, 2.75) is 52.1 Å². The molecule has 0 aliphatic carbocycles. The number of aryl methyl sites for hydroxylation is 3. The zero-order valence-electron chi connectivity index (χ0n) is 19.6. The molecule has 4 rings (SSSR count). The van der Waals surface area contributed by atoms with Crippen LogP contribution < -0.4 is 16.4 Å². The third-order valence-corrected chi connectivity index (χ3v) is 6.55. The lowest BCUT2D eigenvalue weighted by molar-refractivity contribution is -0.123. The summed E-state index contributed by atoms with van der Waals surface area (Å²) in [7, 11) is 0. The van der Waals surface area contributed by atoms with Crippen molar-refractivity contribution < 1.29 is 9.90 Å². The number of nitrogens with two attached hydrogens (primary N) is 1. The lowest BCUT2D eigenvalue weighted by atomic mass is 9.90. The van der Waals surface area contributed by atoms with Gasteiger partial charge in [-0.2, -0.15) is 0 Å². The monoisotopic (exact) mass is 443 g/mol. The highest BCUT2D eigenvalue weighted by Crippen LogP contribution is 2.34. The molecule has 1 aliphatic heterocycles. The van der Waals surface area contributed by atoms with E-state index in [0.717, 1.165) is 47.3 Å². The molecule has 0 bridgehead atoms. The summed E-state index contributed by atoms with van der Waals surface area (Å²) in [5.41, 5.74) is 15.2. The molecule has 172 valence electrons. The minimum absolute atomic E-state index is 0.0729. The predicted octanol–water partition coefficient (Wildman–Crippen LogP) is 4.45. The van der Waals surface area contributed by atoms with Gasteiger partial charge in [-0.3, -0.25) is 4.79 Å². The average molecular weight is 444 g/mol.